The number of nitrogens with one attached hydrogen (secondary N) is 1. The van der Waals surface area contributed by atoms with Crippen LogP contribution in [0.3, 0.4) is 0 Å². The van der Waals surface area contributed by atoms with Crippen molar-refractivity contribution in [3.8, 4) is 11.5 Å². The lowest BCUT2D eigenvalue weighted by molar-refractivity contribution is -0.123. The van der Waals surface area contributed by atoms with E-state index in [9.17, 15) is 4.79 Å². The lowest BCUT2D eigenvalue weighted by Gasteiger charge is -2.13. The first kappa shape index (κ1) is 20.0. The Morgan fingerprint density at radius 1 is 1.23 bits per heavy atom. The van der Waals surface area contributed by atoms with Crippen molar-refractivity contribution in [3.05, 3.63) is 51.6 Å². The molecule has 1 amide bonds. The number of carbonyl (C=O) groups is 1. The number of rotatable bonds is 8. The molecule has 0 aliphatic rings. The average Bonchev–Trinajstić information content (AvgIpc) is 2.62. The first-order chi connectivity index (χ1) is 12.5. The highest BCUT2D eigenvalue weighted by Gasteiger charge is 2.04. The van der Waals surface area contributed by atoms with Gasteiger partial charge in [0.1, 0.15) is 11.5 Å². The van der Waals surface area contributed by atoms with Crippen LogP contribution in [-0.2, 0) is 4.79 Å². The lowest BCUT2D eigenvalue weighted by Crippen LogP contribution is -2.24. The van der Waals surface area contributed by atoms with Crippen LogP contribution in [0.1, 0.15) is 12.5 Å². The minimum Gasteiger partial charge on any atom is -0.493 e. The van der Waals surface area contributed by atoms with E-state index in [2.05, 4.69) is 33.1 Å². The summed E-state index contributed by atoms with van der Waals surface area (Å²) in [6, 6.07) is 13.2. The standard InChI is InChI=1S/C19H22IN3O3/c1-4-25-18-9-8-14(10-17(18)20)12-21-22-19(24)13-26-16-7-5-6-15(11-16)23(2)3/h5-12H,4,13H2,1-3H3,(H,22,24)/b21-12+. The van der Waals surface area contributed by atoms with Gasteiger partial charge in [-0.05, 0) is 65.4 Å². The van der Waals surface area contributed by atoms with E-state index in [0.717, 1.165) is 20.6 Å². The van der Waals surface area contributed by atoms with E-state index in [1.807, 2.05) is 68.4 Å². The molecule has 0 aromatic heterocycles. The minimum absolute atomic E-state index is 0.102. The number of carbonyl (C=O) groups excluding carboxylic acids is 1. The Kier molecular flexibility index (Phi) is 7.71. The van der Waals surface area contributed by atoms with Gasteiger partial charge in [0.25, 0.3) is 5.91 Å². The maximum atomic E-state index is 11.8. The molecule has 0 fully saturated rings. The maximum absolute atomic E-state index is 11.8. The molecule has 0 aliphatic heterocycles. The summed E-state index contributed by atoms with van der Waals surface area (Å²) < 4.78 is 12.0. The van der Waals surface area contributed by atoms with Crippen molar-refractivity contribution >= 4 is 40.4 Å². The highest BCUT2D eigenvalue weighted by molar-refractivity contribution is 14.1. The predicted molar refractivity (Wildman–Crippen MR) is 112 cm³/mol. The normalized spacial score (nSPS) is 10.6. The molecule has 138 valence electrons. The summed E-state index contributed by atoms with van der Waals surface area (Å²) in [6.45, 7) is 2.46. The van der Waals surface area contributed by atoms with Gasteiger partial charge in [0.2, 0.25) is 0 Å². The Bertz CT molecular complexity index is 778. The average molecular weight is 467 g/mol. The third-order valence-electron chi connectivity index (χ3n) is 3.36. The lowest BCUT2D eigenvalue weighted by atomic mass is 10.2. The molecular formula is C19H22IN3O3. The summed E-state index contributed by atoms with van der Waals surface area (Å²) in [5.74, 6) is 1.15. The van der Waals surface area contributed by atoms with E-state index in [1.54, 1.807) is 6.21 Å². The van der Waals surface area contributed by atoms with Crippen LogP contribution < -0.4 is 19.8 Å². The quantitative estimate of drug-likeness (QED) is 0.368. The van der Waals surface area contributed by atoms with Gasteiger partial charge in [-0.3, -0.25) is 4.79 Å². The Balaban J connectivity index is 1.84. The SMILES string of the molecule is CCOc1ccc(/C=N/NC(=O)COc2cccc(N(C)C)c2)cc1I. The predicted octanol–water partition coefficient (Wildman–Crippen LogP) is 3.29. The van der Waals surface area contributed by atoms with E-state index < -0.39 is 0 Å². The Morgan fingerprint density at radius 2 is 2.04 bits per heavy atom. The number of hydrazone groups is 1. The van der Waals surface area contributed by atoms with Crippen LogP contribution in [0.2, 0.25) is 0 Å². The van der Waals surface area contributed by atoms with Crippen LogP contribution in [0, 0.1) is 3.57 Å². The summed E-state index contributed by atoms with van der Waals surface area (Å²) >= 11 is 2.20. The minimum atomic E-state index is -0.322. The Labute approximate surface area is 167 Å². The number of hydrogen-bond acceptors (Lipinski definition) is 5. The van der Waals surface area contributed by atoms with Gasteiger partial charge in [-0.1, -0.05) is 6.07 Å². The maximum Gasteiger partial charge on any atom is 0.277 e. The second-order valence-corrected chi connectivity index (χ2v) is 6.76. The van der Waals surface area contributed by atoms with Crippen molar-refractivity contribution in [2.75, 3.05) is 32.2 Å². The van der Waals surface area contributed by atoms with Gasteiger partial charge in [-0.25, -0.2) is 5.43 Å². The third-order valence-corrected chi connectivity index (χ3v) is 4.21. The third kappa shape index (κ3) is 6.21. The molecule has 0 aliphatic carbocycles. The van der Waals surface area contributed by atoms with Crippen molar-refractivity contribution in [1.29, 1.82) is 0 Å². The first-order valence-electron chi connectivity index (χ1n) is 8.14. The zero-order valence-corrected chi connectivity index (χ0v) is 17.2. The molecule has 7 heteroatoms. The van der Waals surface area contributed by atoms with E-state index in [1.165, 1.54) is 0 Å². The fraction of sp³-hybridized carbons (Fsp3) is 0.263. The zero-order valence-electron chi connectivity index (χ0n) is 15.0. The molecule has 0 atom stereocenters. The summed E-state index contributed by atoms with van der Waals surface area (Å²) in [7, 11) is 3.89. The van der Waals surface area contributed by atoms with Crippen molar-refractivity contribution in [2.24, 2.45) is 5.10 Å². The van der Waals surface area contributed by atoms with Gasteiger partial charge < -0.3 is 14.4 Å². The zero-order chi connectivity index (χ0) is 18.9. The Morgan fingerprint density at radius 3 is 2.73 bits per heavy atom. The van der Waals surface area contributed by atoms with Crippen molar-refractivity contribution in [3.63, 3.8) is 0 Å². The number of amides is 1. The second-order valence-electron chi connectivity index (χ2n) is 5.60. The summed E-state index contributed by atoms with van der Waals surface area (Å²) in [5.41, 5.74) is 4.34. The molecule has 2 aromatic carbocycles. The highest BCUT2D eigenvalue weighted by Crippen LogP contribution is 2.21. The largest absolute Gasteiger partial charge is 0.493 e. The Hall–Kier alpha value is -2.29. The number of ether oxygens (including phenoxy) is 2. The van der Waals surface area contributed by atoms with Crippen molar-refractivity contribution in [1.82, 2.24) is 5.43 Å². The molecule has 0 radical (unpaired) electrons. The summed E-state index contributed by atoms with van der Waals surface area (Å²) in [6.07, 6.45) is 1.59. The molecule has 0 heterocycles. The monoisotopic (exact) mass is 467 g/mol. The van der Waals surface area contributed by atoms with Gasteiger partial charge >= 0.3 is 0 Å². The van der Waals surface area contributed by atoms with Gasteiger partial charge in [0.05, 0.1) is 16.4 Å². The van der Waals surface area contributed by atoms with E-state index in [4.69, 9.17) is 9.47 Å². The molecule has 6 nitrogen and oxygen atoms in total. The smallest absolute Gasteiger partial charge is 0.277 e. The number of nitrogens with zero attached hydrogens (tertiary/aromatic N) is 2. The second kappa shape index (κ2) is 10.0. The molecular weight excluding hydrogens is 445 g/mol. The molecule has 0 spiro atoms. The number of anilines is 1. The molecule has 0 unspecified atom stereocenters. The molecule has 26 heavy (non-hydrogen) atoms. The molecule has 1 N–H and O–H groups in total. The van der Waals surface area contributed by atoms with Crippen LogP contribution >= 0.6 is 22.6 Å². The molecule has 0 bridgehead atoms. The fourth-order valence-electron chi connectivity index (χ4n) is 2.08. The molecule has 2 aromatic rings. The van der Waals surface area contributed by atoms with Crippen LogP contribution in [0.25, 0.3) is 0 Å². The van der Waals surface area contributed by atoms with Crippen molar-refractivity contribution < 1.29 is 14.3 Å². The van der Waals surface area contributed by atoms with Gasteiger partial charge in [0, 0.05) is 25.8 Å². The fourth-order valence-corrected chi connectivity index (χ4v) is 2.78. The van der Waals surface area contributed by atoms with Gasteiger partial charge in [0.15, 0.2) is 6.61 Å². The van der Waals surface area contributed by atoms with Crippen molar-refractivity contribution in [2.45, 2.75) is 6.92 Å². The molecule has 2 rings (SSSR count). The van der Waals surface area contributed by atoms with Crippen LogP contribution in [0.15, 0.2) is 47.6 Å². The topological polar surface area (TPSA) is 63.2 Å². The molecule has 0 saturated heterocycles. The first-order valence-corrected chi connectivity index (χ1v) is 9.22. The van der Waals surface area contributed by atoms with Gasteiger partial charge in [-0.2, -0.15) is 5.10 Å². The van der Waals surface area contributed by atoms with Crippen LogP contribution in [0.4, 0.5) is 5.69 Å². The number of benzene rings is 2. The van der Waals surface area contributed by atoms with E-state index in [0.29, 0.717) is 12.4 Å². The van der Waals surface area contributed by atoms with Crippen LogP contribution in [-0.4, -0.2) is 39.4 Å². The number of halogens is 1. The van der Waals surface area contributed by atoms with E-state index in [-0.39, 0.29) is 12.5 Å². The van der Waals surface area contributed by atoms with E-state index >= 15 is 0 Å². The molecule has 0 saturated carbocycles. The van der Waals surface area contributed by atoms with Gasteiger partial charge in [-0.15, -0.1) is 0 Å². The van der Waals surface area contributed by atoms with Crippen LogP contribution in [0.5, 0.6) is 11.5 Å². The summed E-state index contributed by atoms with van der Waals surface area (Å²) in [4.78, 5) is 13.8. The summed E-state index contributed by atoms with van der Waals surface area (Å²) in [5, 5.41) is 3.96. The number of hydrogen-bond donors (Lipinski definition) is 1. The highest BCUT2D eigenvalue weighted by atomic mass is 127.